The van der Waals surface area contributed by atoms with Crippen molar-refractivity contribution < 1.29 is 8.78 Å². The molecule has 0 fully saturated rings. The first-order valence-corrected chi connectivity index (χ1v) is 14.7. The first kappa shape index (κ1) is 25.1. The average Bonchev–Trinajstić information content (AvgIpc) is 3.17. The van der Waals surface area contributed by atoms with Gasteiger partial charge in [0.05, 0.1) is 11.4 Å². The van der Waals surface area contributed by atoms with Crippen LogP contribution in [0, 0.1) is 0 Å². The molecule has 1 atom stereocenters. The van der Waals surface area contributed by atoms with Crippen LogP contribution in [0.25, 0.3) is 22.4 Å². The van der Waals surface area contributed by atoms with Crippen LogP contribution in [0.15, 0.2) is 97.2 Å². The zero-order chi connectivity index (χ0) is 28.3. The van der Waals surface area contributed by atoms with Gasteiger partial charge in [0.2, 0.25) is 0 Å². The molecule has 4 aromatic carbocycles. The number of hydrogen-bond acceptors (Lipinski definition) is 4. The highest BCUT2D eigenvalue weighted by Crippen LogP contribution is 2.45. The Morgan fingerprint density at radius 3 is 2.48 bits per heavy atom. The third-order valence-corrected chi connectivity index (χ3v) is 8.89. The third-order valence-electron chi connectivity index (χ3n) is 8.89. The van der Waals surface area contributed by atoms with Crippen LogP contribution in [0.5, 0.6) is 0 Å². The maximum atomic E-state index is 15.0. The normalized spacial score (nSPS) is 18.4. The molecule has 0 amide bonds. The zero-order valence-electron chi connectivity index (χ0n) is 23.2. The van der Waals surface area contributed by atoms with E-state index in [1.165, 1.54) is 28.4 Å². The second-order valence-corrected chi connectivity index (χ2v) is 11.4. The summed E-state index contributed by atoms with van der Waals surface area (Å²) in [6, 6.07) is 30.5. The minimum atomic E-state index is -2.87. The van der Waals surface area contributed by atoms with E-state index in [4.69, 9.17) is 5.10 Å². The van der Waals surface area contributed by atoms with Crippen molar-refractivity contribution in [2.24, 2.45) is 0 Å². The molecule has 1 unspecified atom stereocenters. The van der Waals surface area contributed by atoms with E-state index in [2.05, 4.69) is 82.4 Å². The van der Waals surface area contributed by atoms with Crippen molar-refractivity contribution in [3.8, 4) is 22.4 Å². The predicted octanol–water partition coefficient (Wildman–Crippen LogP) is 8.38. The Morgan fingerprint density at radius 2 is 1.57 bits per heavy atom. The molecule has 2 N–H and O–H groups in total. The molecule has 0 saturated carbocycles. The maximum absolute atomic E-state index is 15.0. The Morgan fingerprint density at radius 1 is 0.786 bits per heavy atom. The lowest BCUT2D eigenvalue weighted by atomic mass is 9.96. The largest absolute Gasteiger partial charge is 0.384 e. The number of benzene rings is 4. The van der Waals surface area contributed by atoms with Gasteiger partial charge in [-0.15, -0.1) is 0 Å². The van der Waals surface area contributed by atoms with Gasteiger partial charge in [-0.25, -0.2) is 13.5 Å². The molecule has 210 valence electrons. The highest BCUT2D eigenvalue weighted by Gasteiger charge is 2.38. The first-order valence-electron chi connectivity index (χ1n) is 14.7. The lowest BCUT2D eigenvalue weighted by Crippen LogP contribution is -2.20. The van der Waals surface area contributed by atoms with Crippen LogP contribution in [0.4, 0.5) is 31.5 Å². The Hall–Kier alpha value is -4.65. The highest BCUT2D eigenvalue weighted by molar-refractivity contribution is 5.87. The summed E-state index contributed by atoms with van der Waals surface area (Å²) < 4.78 is 31.8. The quantitative estimate of drug-likeness (QED) is 0.228. The number of aromatic nitrogens is 2. The van der Waals surface area contributed by atoms with Gasteiger partial charge in [-0.2, -0.15) is 5.10 Å². The number of anilines is 4. The lowest BCUT2D eigenvalue weighted by Gasteiger charge is -2.26. The third kappa shape index (κ3) is 4.14. The Kier molecular flexibility index (Phi) is 5.81. The lowest BCUT2D eigenvalue weighted by molar-refractivity contribution is -0.0150. The van der Waals surface area contributed by atoms with E-state index in [0.29, 0.717) is 5.69 Å². The van der Waals surface area contributed by atoms with E-state index in [9.17, 15) is 8.78 Å². The van der Waals surface area contributed by atoms with Gasteiger partial charge in [-0.3, -0.25) is 0 Å². The number of rotatable bonds is 2. The van der Waals surface area contributed by atoms with Gasteiger partial charge in [-0.1, -0.05) is 60.7 Å². The maximum Gasteiger partial charge on any atom is 0.275 e. The van der Waals surface area contributed by atoms with Gasteiger partial charge in [0.25, 0.3) is 5.92 Å². The number of fused-ring (bicyclic) bond motifs is 7. The van der Waals surface area contributed by atoms with Gasteiger partial charge < -0.3 is 15.5 Å². The molecule has 5 aromatic rings. The van der Waals surface area contributed by atoms with Gasteiger partial charge in [0.1, 0.15) is 6.17 Å². The summed E-state index contributed by atoms with van der Waals surface area (Å²) in [7, 11) is 0. The van der Waals surface area contributed by atoms with Gasteiger partial charge in [0, 0.05) is 65.0 Å². The van der Waals surface area contributed by atoms with Gasteiger partial charge in [0.15, 0.2) is 0 Å². The van der Waals surface area contributed by atoms with E-state index < -0.39 is 5.92 Å². The van der Waals surface area contributed by atoms with Crippen LogP contribution in [0.3, 0.4) is 0 Å². The summed E-state index contributed by atoms with van der Waals surface area (Å²) in [6.07, 6.45) is 3.52. The van der Waals surface area contributed by atoms with Crippen molar-refractivity contribution in [3.05, 3.63) is 114 Å². The van der Waals surface area contributed by atoms with E-state index >= 15 is 0 Å². The fourth-order valence-electron chi connectivity index (χ4n) is 6.76. The van der Waals surface area contributed by atoms with E-state index in [1.54, 1.807) is 18.2 Å². The van der Waals surface area contributed by atoms with Gasteiger partial charge >= 0.3 is 0 Å². The number of para-hydroxylation sites is 3. The minimum absolute atomic E-state index is 0.0568. The molecular weight excluding hydrogens is 528 g/mol. The second kappa shape index (κ2) is 9.72. The van der Waals surface area contributed by atoms with Crippen LogP contribution < -0.4 is 15.5 Å². The predicted molar refractivity (Wildman–Crippen MR) is 165 cm³/mol. The Balaban J connectivity index is 1.17. The van der Waals surface area contributed by atoms with E-state index in [-0.39, 0.29) is 24.6 Å². The number of halogens is 2. The van der Waals surface area contributed by atoms with Crippen LogP contribution in [0.1, 0.15) is 35.7 Å². The van der Waals surface area contributed by atoms with Crippen molar-refractivity contribution in [1.82, 2.24) is 9.78 Å². The molecule has 1 aromatic heterocycles. The SMILES string of the molecule is FC1(F)CCC(n2cc3c(n2)-c2ccccc2N(c2ccc4c(c2)-c2ccccc2NCC4)CC3)Nc2ccccc21. The number of hydrogen-bond donors (Lipinski definition) is 2. The first-order chi connectivity index (χ1) is 20.5. The molecule has 0 saturated heterocycles. The Labute approximate surface area is 243 Å². The Bertz CT molecular complexity index is 1810. The summed E-state index contributed by atoms with van der Waals surface area (Å²) in [6.45, 7) is 1.70. The second-order valence-electron chi connectivity index (χ2n) is 11.4. The summed E-state index contributed by atoms with van der Waals surface area (Å²) in [5.41, 5.74) is 10.9. The standard InChI is InChI=1S/C35H31F2N5/c36-35(37)18-15-33(39-31-11-5-3-9-29(31)35)42-22-24-17-20-41(32-12-6-2-8-27(32)34(24)40-42)25-14-13-23-16-19-38-30-10-4-1-7-26(30)28(23)21-25/h1-14,21-22,33,38-39H,15-20H2. The number of nitrogens with one attached hydrogen (secondary N) is 2. The molecule has 7 heteroatoms. The molecule has 0 bridgehead atoms. The highest BCUT2D eigenvalue weighted by atomic mass is 19.3. The van der Waals surface area contributed by atoms with Crippen molar-refractivity contribution in [1.29, 1.82) is 0 Å². The molecule has 8 rings (SSSR count). The van der Waals surface area contributed by atoms with E-state index in [1.807, 2.05) is 10.7 Å². The van der Waals surface area contributed by atoms with Gasteiger partial charge in [-0.05, 0) is 60.7 Å². The van der Waals surface area contributed by atoms with Crippen molar-refractivity contribution in [2.75, 3.05) is 28.6 Å². The molecule has 42 heavy (non-hydrogen) atoms. The molecule has 0 radical (unpaired) electrons. The molecule has 4 heterocycles. The zero-order valence-corrected chi connectivity index (χ0v) is 23.2. The smallest absolute Gasteiger partial charge is 0.275 e. The monoisotopic (exact) mass is 559 g/mol. The fourth-order valence-corrected chi connectivity index (χ4v) is 6.76. The summed E-state index contributed by atoms with van der Waals surface area (Å²) in [4.78, 5) is 2.39. The van der Waals surface area contributed by atoms with Crippen molar-refractivity contribution in [3.63, 3.8) is 0 Å². The number of alkyl halides is 2. The van der Waals surface area contributed by atoms with E-state index in [0.717, 1.165) is 54.1 Å². The molecular formula is C35H31F2N5. The fraction of sp³-hybridized carbons (Fsp3) is 0.229. The average molecular weight is 560 g/mol. The van der Waals surface area contributed by atoms with Crippen molar-refractivity contribution >= 4 is 22.7 Å². The van der Waals surface area contributed by atoms with Crippen LogP contribution in [0.2, 0.25) is 0 Å². The molecule has 5 nitrogen and oxygen atoms in total. The molecule has 3 aliphatic rings. The topological polar surface area (TPSA) is 45.1 Å². The summed E-state index contributed by atoms with van der Waals surface area (Å²) in [5, 5.41) is 12.0. The van der Waals surface area contributed by atoms with Crippen LogP contribution in [-0.2, 0) is 18.8 Å². The molecule has 0 spiro atoms. The minimum Gasteiger partial charge on any atom is -0.384 e. The molecule has 3 aliphatic heterocycles. The van der Waals surface area contributed by atoms with Crippen molar-refractivity contribution in [2.45, 2.75) is 37.8 Å². The van der Waals surface area contributed by atoms with Crippen LogP contribution in [-0.4, -0.2) is 22.9 Å². The van der Waals surface area contributed by atoms with Crippen LogP contribution >= 0.6 is 0 Å². The summed E-state index contributed by atoms with van der Waals surface area (Å²) in [5.74, 6) is -2.87. The summed E-state index contributed by atoms with van der Waals surface area (Å²) >= 11 is 0. The number of nitrogens with zero attached hydrogens (tertiary/aromatic N) is 3. The molecule has 0 aliphatic carbocycles.